The van der Waals surface area contributed by atoms with Crippen LogP contribution in [0.3, 0.4) is 0 Å². The van der Waals surface area contributed by atoms with Crippen LogP contribution < -0.4 is 15.1 Å². The number of ether oxygens (including phenoxy) is 1. The average Bonchev–Trinajstić information content (AvgIpc) is 3.49. The van der Waals surface area contributed by atoms with Crippen LogP contribution in [-0.4, -0.2) is 99.5 Å². The predicted molar refractivity (Wildman–Crippen MR) is 183 cm³/mol. The van der Waals surface area contributed by atoms with E-state index in [0.717, 1.165) is 48.7 Å². The number of anilines is 3. The normalized spacial score (nSPS) is 16.2. The van der Waals surface area contributed by atoms with Gasteiger partial charge in [0.15, 0.2) is 5.82 Å². The highest BCUT2D eigenvalue weighted by molar-refractivity contribution is 5.78. The zero-order valence-corrected chi connectivity index (χ0v) is 27.5. The number of piperazine rings is 1. The number of nitrogens with zero attached hydrogens (tertiary/aromatic N) is 9. The van der Waals surface area contributed by atoms with E-state index in [9.17, 15) is 8.78 Å². The van der Waals surface area contributed by atoms with Crippen molar-refractivity contribution in [2.75, 3.05) is 74.6 Å². The number of para-hydroxylation sites is 2. The second-order valence-corrected chi connectivity index (χ2v) is 13.0. The van der Waals surface area contributed by atoms with Gasteiger partial charge in [-0.2, -0.15) is 15.0 Å². The first kappa shape index (κ1) is 31.8. The van der Waals surface area contributed by atoms with E-state index in [0.29, 0.717) is 55.7 Å². The first-order valence-electron chi connectivity index (χ1n) is 16.3. The molecule has 2 fully saturated rings. The van der Waals surface area contributed by atoms with Crippen molar-refractivity contribution in [3.63, 3.8) is 0 Å². The van der Waals surface area contributed by atoms with Crippen molar-refractivity contribution in [3.8, 4) is 17.1 Å². The van der Waals surface area contributed by atoms with Crippen molar-refractivity contribution in [1.82, 2.24) is 34.4 Å². The number of fused-ring (bicyclic) bond motifs is 1. The highest BCUT2D eigenvalue weighted by Crippen LogP contribution is 2.31. The molecule has 2 aliphatic heterocycles. The number of pyridine rings is 1. The van der Waals surface area contributed by atoms with Crippen LogP contribution in [0.25, 0.3) is 28.1 Å². The Labute approximate surface area is 278 Å². The first-order valence-corrected chi connectivity index (χ1v) is 16.3. The molecular formula is C35H40F2N10O. The molecule has 48 heavy (non-hydrogen) atoms. The Balaban J connectivity index is 1.21. The number of halogens is 2. The lowest BCUT2D eigenvalue weighted by molar-refractivity contribution is 0.122. The van der Waals surface area contributed by atoms with Gasteiger partial charge in [-0.3, -0.25) is 4.57 Å². The number of alkyl halides is 2. The summed E-state index contributed by atoms with van der Waals surface area (Å²) >= 11 is 0. The van der Waals surface area contributed by atoms with Crippen LogP contribution in [0, 0.1) is 0 Å². The molecular weight excluding hydrogens is 614 g/mol. The van der Waals surface area contributed by atoms with Gasteiger partial charge in [-0.05, 0) is 68.3 Å². The SMILES string of the molecule is CN1CCN(c2cc(-c3ccccc3CC(C)(C)Nc3nc(N4CCOCC4)nc(-n4c(C(F)F)nc5ccccc54)n3)ccn2)CC1. The highest BCUT2D eigenvalue weighted by atomic mass is 19.3. The van der Waals surface area contributed by atoms with Crippen molar-refractivity contribution in [3.05, 3.63) is 78.2 Å². The molecule has 250 valence electrons. The summed E-state index contributed by atoms with van der Waals surface area (Å²) in [5, 5.41) is 3.52. The molecule has 3 aromatic heterocycles. The van der Waals surface area contributed by atoms with Crippen molar-refractivity contribution in [1.29, 1.82) is 0 Å². The maximum Gasteiger partial charge on any atom is 0.296 e. The van der Waals surface area contributed by atoms with E-state index in [1.54, 1.807) is 24.3 Å². The summed E-state index contributed by atoms with van der Waals surface area (Å²) in [6.07, 6.45) is -0.300. The predicted octanol–water partition coefficient (Wildman–Crippen LogP) is 5.23. The topological polar surface area (TPSA) is 100 Å². The number of nitrogens with one attached hydrogen (secondary N) is 1. The van der Waals surface area contributed by atoms with Gasteiger partial charge in [0.05, 0.1) is 24.2 Å². The van der Waals surface area contributed by atoms with Gasteiger partial charge in [0.25, 0.3) is 6.43 Å². The third-order valence-corrected chi connectivity index (χ3v) is 8.87. The van der Waals surface area contributed by atoms with Crippen molar-refractivity contribution < 1.29 is 13.5 Å². The van der Waals surface area contributed by atoms with Crippen LogP contribution >= 0.6 is 0 Å². The summed E-state index contributed by atoms with van der Waals surface area (Å²) in [5.74, 6) is 1.35. The van der Waals surface area contributed by atoms with Crippen LogP contribution in [0.4, 0.5) is 26.5 Å². The Kier molecular flexibility index (Phi) is 8.88. The number of benzene rings is 2. The second-order valence-electron chi connectivity index (χ2n) is 13.0. The van der Waals surface area contributed by atoms with Crippen LogP contribution in [0.2, 0.25) is 0 Å². The minimum atomic E-state index is -2.82. The van der Waals surface area contributed by atoms with E-state index < -0.39 is 17.8 Å². The number of hydrogen-bond donors (Lipinski definition) is 1. The van der Waals surface area contributed by atoms with Crippen LogP contribution in [-0.2, 0) is 11.2 Å². The molecule has 5 heterocycles. The molecule has 13 heteroatoms. The number of likely N-dealkylation sites (N-methyl/N-ethyl adjacent to an activating group) is 1. The third kappa shape index (κ3) is 6.78. The van der Waals surface area contributed by atoms with Gasteiger partial charge in [-0.25, -0.2) is 18.7 Å². The Morgan fingerprint density at radius 3 is 2.35 bits per heavy atom. The molecule has 0 unspecified atom stereocenters. The van der Waals surface area contributed by atoms with Crippen LogP contribution in [0.1, 0.15) is 31.7 Å². The Hall–Kier alpha value is -4.75. The molecule has 0 bridgehead atoms. The summed E-state index contributed by atoms with van der Waals surface area (Å²) in [7, 11) is 2.15. The molecule has 2 aliphatic rings. The molecule has 5 aromatic rings. The average molecular weight is 655 g/mol. The number of rotatable bonds is 9. The summed E-state index contributed by atoms with van der Waals surface area (Å²) in [5.41, 5.74) is 3.79. The van der Waals surface area contributed by atoms with Gasteiger partial charge in [0.1, 0.15) is 5.82 Å². The van der Waals surface area contributed by atoms with Gasteiger partial charge in [0, 0.05) is 51.0 Å². The fourth-order valence-corrected chi connectivity index (χ4v) is 6.39. The van der Waals surface area contributed by atoms with Crippen molar-refractivity contribution >= 4 is 28.7 Å². The number of aromatic nitrogens is 6. The largest absolute Gasteiger partial charge is 0.378 e. The van der Waals surface area contributed by atoms with Gasteiger partial charge in [-0.15, -0.1) is 0 Å². The van der Waals surface area contributed by atoms with E-state index in [4.69, 9.17) is 24.7 Å². The second kappa shape index (κ2) is 13.4. The van der Waals surface area contributed by atoms with E-state index >= 15 is 0 Å². The summed E-state index contributed by atoms with van der Waals surface area (Å²) < 4.78 is 35.6. The van der Waals surface area contributed by atoms with E-state index in [-0.39, 0.29) is 5.95 Å². The standard InChI is InChI=1S/C35H40F2N10O/c1-35(2,23-25-8-4-5-9-26(25)24-12-13-38-29(22-24)45-16-14-44(3)15-17-45)43-32-40-33(46-18-20-48-21-19-46)42-34(41-32)47-28-11-7-6-10-27(28)39-31(47)30(36)37/h4-13,22,30H,14-21,23H2,1-3H3,(H,40,41,42,43). The molecule has 1 N–H and O–H groups in total. The zero-order valence-electron chi connectivity index (χ0n) is 27.5. The Morgan fingerprint density at radius 2 is 1.56 bits per heavy atom. The monoisotopic (exact) mass is 654 g/mol. The molecule has 0 radical (unpaired) electrons. The number of morpholine rings is 1. The van der Waals surface area contributed by atoms with Crippen LogP contribution in [0.5, 0.6) is 0 Å². The van der Waals surface area contributed by atoms with Crippen molar-refractivity contribution in [2.45, 2.75) is 32.2 Å². The molecule has 11 nitrogen and oxygen atoms in total. The number of hydrogen-bond acceptors (Lipinski definition) is 10. The minimum absolute atomic E-state index is 0.0856. The maximum absolute atomic E-state index is 14.3. The Morgan fingerprint density at radius 1 is 0.833 bits per heavy atom. The smallest absolute Gasteiger partial charge is 0.296 e. The molecule has 0 atom stereocenters. The van der Waals surface area contributed by atoms with E-state index in [2.05, 4.69) is 71.3 Å². The quantitative estimate of drug-likeness (QED) is 0.227. The fraction of sp³-hybridized carbons (Fsp3) is 0.400. The van der Waals surface area contributed by atoms with Gasteiger partial charge in [0.2, 0.25) is 17.8 Å². The summed E-state index contributed by atoms with van der Waals surface area (Å²) in [6, 6.07) is 19.6. The molecule has 0 saturated carbocycles. The lowest BCUT2D eigenvalue weighted by Gasteiger charge is -2.33. The minimum Gasteiger partial charge on any atom is -0.378 e. The Bertz CT molecular complexity index is 1880. The molecule has 2 aromatic carbocycles. The first-order chi connectivity index (χ1) is 23.2. The lowest BCUT2D eigenvalue weighted by Crippen LogP contribution is -2.44. The van der Waals surface area contributed by atoms with Crippen LogP contribution in [0.15, 0.2) is 66.9 Å². The van der Waals surface area contributed by atoms with Gasteiger partial charge >= 0.3 is 0 Å². The molecule has 7 rings (SSSR count). The molecule has 0 aliphatic carbocycles. The molecule has 0 spiro atoms. The maximum atomic E-state index is 14.3. The number of imidazole rings is 1. The van der Waals surface area contributed by atoms with Gasteiger partial charge in [-0.1, -0.05) is 36.4 Å². The summed E-state index contributed by atoms with van der Waals surface area (Å²) in [6.45, 7) is 10.3. The molecule has 0 amide bonds. The highest BCUT2D eigenvalue weighted by Gasteiger charge is 2.27. The lowest BCUT2D eigenvalue weighted by atomic mass is 9.89. The van der Waals surface area contributed by atoms with Crippen molar-refractivity contribution in [2.24, 2.45) is 0 Å². The zero-order chi connectivity index (χ0) is 33.3. The fourth-order valence-electron chi connectivity index (χ4n) is 6.39. The van der Waals surface area contributed by atoms with Gasteiger partial charge < -0.3 is 24.8 Å². The summed E-state index contributed by atoms with van der Waals surface area (Å²) in [4.78, 5) is 29.8. The van der Waals surface area contributed by atoms with E-state index in [1.807, 2.05) is 17.2 Å². The van der Waals surface area contributed by atoms with E-state index in [1.165, 1.54) is 4.57 Å². The third-order valence-electron chi connectivity index (χ3n) is 8.87. The molecule has 2 saturated heterocycles.